The Morgan fingerprint density at radius 1 is 1.10 bits per heavy atom. The zero-order valence-electron chi connectivity index (χ0n) is 16.4. The first-order valence-corrected chi connectivity index (χ1v) is 9.96. The van der Waals surface area contributed by atoms with E-state index in [2.05, 4.69) is 19.1 Å². The maximum absolute atomic E-state index is 14.5. The van der Waals surface area contributed by atoms with E-state index in [0.29, 0.717) is 11.8 Å². The van der Waals surface area contributed by atoms with Gasteiger partial charge in [0.15, 0.2) is 0 Å². The van der Waals surface area contributed by atoms with Crippen LogP contribution >= 0.6 is 0 Å². The van der Waals surface area contributed by atoms with Crippen LogP contribution in [0.25, 0.3) is 0 Å². The molecule has 1 aliphatic carbocycles. The highest BCUT2D eigenvalue weighted by molar-refractivity contribution is 5.37. The quantitative estimate of drug-likeness (QED) is 0.487. The Labute approximate surface area is 169 Å². The lowest BCUT2D eigenvalue weighted by molar-refractivity contribution is -0.185. The molecule has 1 saturated carbocycles. The summed E-state index contributed by atoms with van der Waals surface area (Å²) in [5, 5.41) is 8.72. The van der Waals surface area contributed by atoms with Crippen LogP contribution in [-0.4, -0.2) is 0 Å². The Hall–Kier alpha value is -2.74. The van der Waals surface area contributed by atoms with E-state index in [4.69, 9.17) is 10.00 Å². The minimum atomic E-state index is -3.60. The van der Waals surface area contributed by atoms with E-state index in [1.807, 2.05) is 0 Å². The second-order valence-corrected chi connectivity index (χ2v) is 7.44. The molecular weight excluding hydrogens is 375 g/mol. The minimum Gasteiger partial charge on any atom is -0.429 e. The van der Waals surface area contributed by atoms with Crippen molar-refractivity contribution in [1.82, 2.24) is 0 Å². The molecule has 0 saturated heterocycles. The van der Waals surface area contributed by atoms with E-state index in [0.717, 1.165) is 55.9 Å². The standard InChI is InChI=1S/C24H24F3NO/c1-2-3-4-17-5-7-18(8-6-17)19-9-12-21(13-10-19)24(26,27)29-22-14-11-20(16-28)23(25)15-22/h3-4,9-15,17-18H,2,5-8H2,1H3/b4-3-/t17-,18-. The van der Waals surface area contributed by atoms with Gasteiger partial charge in [-0.1, -0.05) is 31.2 Å². The van der Waals surface area contributed by atoms with E-state index in [-0.39, 0.29) is 16.9 Å². The third kappa shape index (κ3) is 5.20. The van der Waals surface area contributed by atoms with Crippen molar-refractivity contribution in [3.8, 4) is 11.8 Å². The summed E-state index contributed by atoms with van der Waals surface area (Å²) in [4.78, 5) is 0. The van der Waals surface area contributed by atoms with Gasteiger partial charge in [-0.15, -0.1) is 0 Å². The summed E-state index contributed by atoms with van der Waals surface area (Å²) in [7, 11) is 0. The zero-order chi connectivity index (χ0) is 20.9. The van der Waals surface area contributed by atoms with Gasteiger partial charge in [-0.25, -0.2) is 4.39 Å². The molecule has 152 valence electrons. The number of halogens is 3. The highest BCUT2D eigenvalue weighted by atomic mass is 19.3. The summed E-state index contributed by atoms with van der Waals surface area (Å²) in [6, 6.07) is 10.9. The monoisotopic (exact) mass is 399 g/mol. The van der Waals surface area contributed by atoms with E-state index in [1.54, 1.807) is 18.2 Å². The molecule has 2 aromatic rings. The first kappa shape index (κ1) is 21.0. The van der Waals surface area contributed by atoms with Crippen LogP contribution in [0.2, 0.25) is 0 Å². The molecule has 1 fully saturated rings. The molecule has 29 heavy (non-hydrogen) atoms. The first-order chi connectivity index (χ1) is 13.9. The van der Waals surface area contributed by atoms with Crippen LogP contribution in [0.1, 0.15) is 61.6 Å². The van der Waals surface area contributed by atoms with Crippen LogP contribution in [0, 0.1) is 23.1 Å². The van der Waals surface area contributed by atoms with Gasteiger partial charge >= 0.3 is 6.11 Å². The van der Waals surface area contributed by atoms with Crippen LogP contribution in [0.5, 0.6) is 5.75 Å². The lowest BCUT2D eigenvalue weighted by atomic mass is 9.78. The Kier molecular flexibility index (Phi) is 6.64. The molecular formula is C24H24F3NO. The van der Waals surface area contributed by atoms with Crippen molar-refractivity contribution in [2.45, 2.75) is 51.1 Å². The predicted octanol–water partition coefficient (Wildman–Crippen LogP) is 7.07. The average Bonchev–Trinajstić information content (AvgIpc) is 2.72. The smallest absolute Gasteiger partial charge is 0.426 e. The molecule has 0 aliphatic heterocycles. The lowest BCUT2D eigenvalue weighted by Gasteiger charge is -2.27. The summed E-state index contributed by atoms with van der Waals surface area (Å²) in [5.74, 6) is -0.205. The van der Waals surface area contributed by atoms with Crippen molar-refractivity contribution < 1.29 is 17.9 Å². The number of ether oxygens (including phenoxy) is 1. The normalized spacial score (nSPS) is 19.8. The molecule has 0 N–H and O–H groups in total. The number of rotatable bonds is 6. The Bertz CT molecular complexity index is 891. The van der Waals surface area contributed by atoms with Gasteiger partial charge in [0.2, 0.25) is 0 Å². The number of benzene rings is 2. The maximum atomic E-state index is 14.5. The second kappa shape index (κ2) is 9.17. The molecule has 1 aliphatic rings. The number of nitrogens with zero attached hydrogens (tertiary/aromatic N) is 1. The van der Waals surface area contributed by atoms with E-state index >= 15 is 0 Å². The van der Waals surface area contributed by atoms with E-state index < -0.39 is 11.9 Å². The summed E-state index contributed by atoms with van der Waals surface area (Å²) < 4.78 is 47.3. The van der Waals surface area contributed by atoms with Crippen molar-refractivity contribution in [2.75, 3.05) is 0 Å². The fourth-order valence-corrected chi connectivity index (χ4v) is 3.78. The van der Waals surface area contributed by atoms with Crippen molar-refractivity contribution in [1.29, 1.82) is 5.26 Å². The maximum Gasteiger partial charge on any atom is 0.426 e. The molecule has 0 heterocycles. The fraction of sp³-hybridized carbons (Fsp3) is 0.375. The van der Waals surface area contributed by atoms with Gasteiger partial charge in [0.25, 0.3) is 0 Å². The number of hydrogen-bond acceptors (Lipinski definition) is 2. The first-order valence-electron chi connectivity index (χ1n) is 9.96. The van der Waals surface area contributed by atoms with Gasteiger partial charge in [0.1, 0.15) is 17.6 Å². The van der Waals surface area contributed by atoms with Gasteiger partial charge < -0.3 is 4.74 Å². The molecule has 0 atom stereocenters. The molecule has 2 nitrogen and oxygen atoms in total. The van der Waals surface area contributed by atoms with Gasteiger partial charge in [-0.3, -0.25) is 0 Å². The average molecular weight is 399 g/mol. The number of allylic oxidation sites excluding steroid dienone is 2. The Morgan fingerprint density at radius 2 is 1.79 bits per heavy atom. The molecule has 5 heteroatoms. The van der Waals surface area contributed by atoms with E-state index in [9.17, 15) is 13.2 Å². The molecule has 0 amide bonds. The summed E-state index contributed by atoms with van der Waals surface area (Å²) in [5.41, 5.74) is 0.558. The number of alkyl halides is 2. The summed E-state index contributed by atoms with van der Waals surface area (Å²) in [6.07, 6.45) is 6.29. The van der Waals surface area contributed by atoms with Gasteiger partial charge in [-0.2, -0.15) is 14.0 Å². The third-order valence-corrected chi connectivity index (χ3v) is 5.44. The van der Waals surface area contributed by atoms with E-state index in [1.165, 1.54) is 12.1 Å². The van der Waals surface area contributed by atoms with Crippen LogP contribution in [0.3, 0.4) is 0 Å². The van der Waals surface area contributed by atoms with Crippen LogP contribution < -0.4 is 4.74 Å². The Balaban J connectivity index is 1.65. The van der Waals surface area contributed by atoms with Gasteiger partial charge in [0.05, 0.1) is 11.1 Å². The highest BCUT2D eigenvalue weighted by Gasteiger charge is 2.35. The lowest BCUT2D eigenvalue weighted by Crippen LogP contribution is -2.22. The largest absolute Gasteiger partial charge is 0.429 e. The molecule has 0 radical (unpaired) electrons. The summed E-state index contributed by atoms with van der Waals surface area (Å²) in [6.45, 7) is 2.13. The van der Waals surface area contributed by atoms with Crippen molar-refractivity contribution >= 4 is 0 Å². The highest BCUT2D eigenvalue weighted by Crippen LogP contribution is 2.38. The summed E-state index contributed by atoms with van der Waals surface area (Å²) >= 11 is 0. The number of nitriles is 1. The van der Waals surface area contributed by atoms with Gasteiger partial charge in [-0.05, 0) is 73.8 Å². The zero-order valence-corrected chi connectivity index (χ0v) is 16.4. The third-order valence-electron chi connectivity index (χ3n) is 5.44. The molecule has 0 spiro atoms. The van der Waals surface area contributed by atoms with Crippen molar-refractivity contribution in [2.24, 2.45) is 5.92 Å². The molecule has 0 bridgehead atoms. The second-order valence-electron chi connectivity index (χ2n) is 7.44. The fourth-order valence-electron chi connectivity index (χ4n) is 3.78. The molecule has 0 unspecified atom stereocenters. The molecule has 0 aromatic heterocycles. The van der Waals surface area contributed by atoms with Crippen molar-refractivity contribution in [3.63, 3.8) is 0 Å². The SMILES string of the molecule is CC/C=C\[C@H]1CC[C@H](c2ccc(C(F)(F)Oc3ccc(C#N)c(F)c3)cc2)CC1. The molecule has 2 aromatic carbocycles. The Morgan fingerprint density at radius 3 is 2.38 bits per heavy atom. The van der Waals surface area contributed by atoms with Crippen molar-refractivity contribution in [3.05, 3.63) is 77.1 Å². The van der Waals surface area contributed by atoms with Crippen LogP contribution in [-0.2, 0) is 6.11 Å². The molecule has 3 rings (SSSR count). The number of hydrogen-bond donors (Lipinski definition) is 0. The van der Waals surface area contributed by atoms with Crippen LogP contribution in [0.4, 0.5) is 13.2 Å². The topological polar surface area (TPSA) is 33.0 Å². The van der Waals surface area contributed by atoms with Crippen LogP contribution in [0.15, 0.2) is 54.6 Å². The predicted molar refractivity (Wildman–Crippen MR) is 106 cm³/mol. The van der Waals surface area contributed by atoms with Gasteiger partial charge in [0, 0.05) is 6.07 Å². The minimum absolute atomic E-state index is 0.218.